The Hall–Kier alpha value is -4.39. The third-order valence-corrected chi connectivity index (χ3v) is 5.62. The molecule has 0 aliphatic carbocycles. The fourth-order valence-corrected chi connectivity index (χ4v) is 3.99. The van der Waals surface area contributed by atoms with Gasteiger partial charge in [-0.05, 0) is 42.3 Å². The first-order valence-corrected chi connectivity index (χ1v) is 10.3. The lowest BCUT2D eigenvalue weighted by atomic mass is 10.0. The second kappa shape index (κ2) is 8.03. The summed E-state index contributed by atoms with van der Waals surface area (Å²) in [4.78, 5) is 23.6. The molecule has 3 aromatic heterocycles. The van der Waals surface area contributed by atoms with Crippen molar-refractivity contribution in [3.63, 3.8) is 0 Å². The molecule has 32 heavy (non-hydrogen) atoms. The van der Waals surface area contributed by atoms with E-state index < -0.39 is 0 Å². The average molecular weight is 422 g/mol. The monoisotopic (exact) mass is 422 g/mol. The number of nitrogen functional groups attached to an aromatic ring is 1. The number of rotatable bonds is 6. The normalized spacial score (nSPS) is 11.1. The SMILES string of the molecule is N=C(N)c1c[nH]c2ccc(CCNC(=O)c3ccccc3-c3cc4cnccc4[nH]3)cc12. The van der Waals surface area contributed by atoms with Gasteiger partial charge in [-0.2, -0.15) is 0 Å². The van der Waals surface area contributed by atoms with Crippen LogP contribution in [-0.4, -0.2) is 33.2 Å². The molecular weight excluding hydrogens is 400 g/mol. The molecule has 0 bridgehead atoms. The van der Waals surface area contributed by atoms with Crippen molar-refractivity contribution in [1.82, 2.24) is 20.3 Å². The number of amides is 1. The molecule has 2 aromatic carbocycles. The number of nitrogens with one attached hydrogen (secondary N) is 4. The van der Waals surface area contributed by atoms with E-state index in [1.807, 2.05) is 54.6 Å². The highest BCUT2D eigenvalue weighted by Gasteiger charge is 2.14. The van der Waals surface area contributed by atoms with Crippen molar-refractivity contribution in [1.29, 1.82) is 5.41 Å². The van der Waals surface area contributed by atoms with E-state index in [1.54, 1.807) is 18.6 Å². The summed E-state index contributed by atoms with van der Waals surface area (Å²) in [6.45, 7) is 0.495. The minimum absolute atomic E-state index is 0.0334. The Morgan fingerprint density at radius 2 is 1.94 bits per heavy atom. The maximum Gasteiger partial charge on any atom is 0.251 e. The molecule has 0 saturated heterocycles. The molecule has 0 radical (unpaired) electrons. The second-order valence-corrected chi connectivity index (χ2v) is 7.69. The zero-order chi connectivity index (χ0) is 22.1. The van der Waals surface area contributed by atoms with E-state index in [-0.39, 0.29) is 11.7 Å². The number of aromatic amines is 2. The smallest absolute Gasteiger partial charge is 0.251 e. The molecule has 6 N–H and O–H groups in total. The minimum Gasteiger partial charge on any atom is -0.384 e. The fraction of sp³-hybridized carbons (Fsp3) is 0.0800. The zero-order valence-corrected chi connectivity index (χ0v) is 17.3. The maximum atomic E-state index is 13.0. The first kappa shape index (κ1) is 19.6. The van der Waals surface area contributed by atoms with Crippen LogP contribution in [0.15, 0.2) is 73.2 Å². The lowest BCUT2D eigenvalue weighted by Crippen LogP contribution is -2.26. The number of nitrogens with two attached hydrogens (primary N) is 1. The van der Waals surface area contributed by atoms with E-state index in [0.29, 0.717) is 24.1 Å². The van der Waals surface area contributed by atoms with Crippen molar-refractivity contribution < 1.29 is 4.79 Å². The summed E-state index contributed by atoms with van der Waals surface area (Å²) in [5, 5.41) is 12.7. The highest BCUT2D eigenvalue weighted by molar-refractivity contribution is 6.07. The molecule has 7 heteroatoms. The van der Waals surface area contributed by atoms with Crippen LogP contribution < -0.4 is 11.1 Å². The number of benzene rings is 2. The Bertz CT molecular complexity index is 1430. The molecule has 158 valence electrons. The van der Waals surface area contributed by atoms with Gasteiger partial charge in [-0.15, -0.1) is 0 Å². The van der Waals surface area contributed by atoms with Gasteiger partial charge in [0.15, 0.2) is 0 Å². The van der Waals surface area contributed by atoms with Crippen LogP contribution in [0.25, 0.3) is 33.1 Å². The van der Waals surface area contributed by atoms with E-state index in [0.717, 1.165) is 38.6 Å². The largest absolute Gasteiger partial charge is 0.384 e. The number of aromatic nitrogens is 3. The Balaban J connectivity index is 1.32. The average Bonchev–Trinajstić information content (AvgIpc) is 3.43. The van der Waals surface area contributed by atoms with Gasteiger partial charge in [0.25, 0.3) is 5.91 Å². The number of carbonyl (C=O) groups is 1. The lowest BCUT2D eigenvalue weighted by molar-refractivity contribution is 0.0954. The van der Waals surface area contributed by atoms with E-state index in [9.17, 15) is 4.79 Å². The predicted molar refractivity (Wildman–Crippen MR) is 127 cm³/mol. The Morgan fingerprint density at radius 1 is 1.06 bits per heavy atom. The van der Waals surface area contributed by atoms with Crippen LogP contribution in [0.1, 0.15) is 21.5 Å². The van der Waals surface area contributed by atoms with Crippen molar-refractivity contribution in [3.05, 3.63) is 89.9 Å². The van der Waals surface area contributed by atoms with Gasteiger partial charge in [0.05, 0.1) is 0 Å². The minimum atomic E-state index is -0.121. The van der Waals surface area contributed by atoms with Crippen molar-refractivity contribution >= 4 is 33.5 Å². The van der Waals surface area contributed by atoms with Gasteiger partial charge in [-0.25, -0.2) is 0 Å². The number of H-pyrrole nitrogens is 2. The van der Waals surface area contributed by atoms with Gasteiger partial charge in [0.1, 0.15) is 5.84 Å². The van der Waals surface area contributed by atoms with Crippen molar-refractivity contribution in [2.45, 2.75) is 6.42 Å². The lowest BCUT2D eigenvalue weighted by Gasteiger charge is -2.10. The summed E-state index contributed by atoms with van der Waals surface area (Å²) >= 11 is 0. The fourth-order valence-electron chi connectivity index (χ4n) is 3.99. The number of hydrogen-bond acceptors (Lipinski definition) is 3. The molecule has 5 aromatic rings. The second-order valence-electron chi connectivity index (χ2n) is 7.69. The highest BCUT2D eigenvalue weighted by atomic mass is 16.1. The van der Waals surface area contributed by atoms with E-state index >= 15 is 0 Å². The molecule has 0 unspecified atom stereocenters. The molecular formula is C25H22N6O. The molecule has 0 saturated carbocycles. The number of amidine groups is 1. The molecule has 0 fully saturated rings. The number of hydrogen-bond donors (Lipinski definition) is 5. The van der Waals surface area contributed by atoms with Crippen molar-refractivity contribution in [2.24, 2.45) is 5.73 Å². The van der Waals surface area contributed by atoms with Crippen LogP contribution in [0.3, 0.4) is 0 Å². The highest BCUT2D eigenvalue weighted by Crippen LogP contribution is 2.26. The Kier molecular flexibility index (Phi) is 4.91. The summed E-state index contributed by atoms with van der Waals surface area (Å²) in [6, 6.07) is 17.5. The van der Waals surface area contributed by atoms with Crippen LogP contribution in [0, 0.1) is 5.41 Å². The van der Waals surface area contributed by atoms with Gasteiger partial charge in [-0.1, -0.05) is 24.3 Å². The molecule has 0 aliphatic rings. The first-order chi connectivity index (χ1) is 15.6. The summed E-state index contributed by atoms with van der Waals surface area (Å²) in [5.41, 5.74) is 11.7. The number of pyridine rings is 1. The Morgan fingerprint density at radius 3 is 2.78 bits per heavy atom. The van der Waals surface area contributed by atoms with Crippen molar-refractivity contribution in [2.75, 3.05) is 6.54 Å². The standard InChI is InChI=1S/C25H22N6O/c26-24(27)20-14-30-22-6-5-15(11-19(20)22)7-10-29-25(32)18-4-2-1-3-17(18)23-12-16-13-28-9-8-21(16)31-23/h1-6,8-9,11-14,30-31H,7,10H2,(H3,26,27)(H,29,32). The molecule has 7 nitrogen and oxygen atoms in total. The van der Waals surface area contributed by atoms with Crippen LogP contribution >= 0.6 is 0 Å². The first-order valence-electron chi connectivity index (χ1n) is 10.3. The molecule has 0 spiro atoms. The van der Waals surface area contributed by atoms with Gasteiger partial charge in [0, 0.05) is 69.3 Å². The molecule has 5 rings (SSSR count). The molecule has 1 amide bonds. The van der Waals surface area contributed by atoms with Gasteiger partial charge in [-0.3, -0.25) is 15.2 Å². The van der Waals surface area contributed by atoms with Crippen LogP contribution in [0.2, 0.25) is 0 Å². The molecule has 0 atom stereocenters. The maximum absolute atomic E-state index is 13.0. The third-order valence-electron chi connectivity index (χ3n) is 5.62. The summed E-state index contributed by atoms with van der Waals surface area (Å²) < 4.78 is 0. The topological polar surface area (TPSA) is 123 Å². The molecule has 0 aliphatic heterocycles. The molecule has 3 heterocycles. The number of fused-ring (bicyclic) bond motifs is 2. The van der Waals surface area contributed by atoms with Crippen LogP contribution in [0.4, 0.5) is 0 Å². The summed E-state index contributed by atoms with van der Waals surface area (Å²) in [5.74, 6) is -0.0874. The quantitative estimate of drug-likeness (QED) is 0.210. The van der Waals surface area contributed by atoms with Crippen LogP contribution in [0.5, 0.6) is 0 Å². The van der Waals surface area contributed by atoms with E-state index in [4.69, 9.17) is 11.1 Å². The zero-order valence-electron chi connectivity index (χ0n) is 17.3. The van der Waals surface area contributed by atoms with Gasteiger partial charge >= 0.3 is 0 Å². The van der Waals surface area contributed by atoms with Gasteiger partial charge in [0.2, 0.25) is 0 Å². The third kappa shape index (κ3) is 3.60. The number of nitrogens with zero attached hydrogens (tertiary/aromatic N) is 1. The van der Waals surface area contributed by atoms with Crippen molar-refractivity contribution in [3.8, 4) is 11.3 Å². The Labute approximate surface area is 184 Å². The predicted octanol–water partition coefficient (Wildman–Crippen LogP) is 3.97. The van der Waals surface area contributed by atoms with E-state index in [1.165, 1.54) is 0 Å². The number of carbonyl (C=O) groups excluding carboxylic acids is 1. The summed E-state index contributed by atoms with van der Waals surface area (Å²) in [7, 11) is 0. The van der Waals surface area contributed by atoms with E-state index in [2.05, 4.69) is 20.3 Å². The summed E-state index contributed by atoms with van der Waals surface area (Å²) in [6.07, 6.45) is 5.96. The van der Waals surface area contributed by atoms with Gasteiger partial charge < -0.3 is 21.0 Å². The van der Waals surface area contributed by atoms with Crippen LogP contribution in [-0.2, 0) is 6.42 Å².